The summed E-state index contributed by atoms with van der Waals surface area (Å²) >= 11 is 0. The van der Waals surface area contributed by atoms with Gasteiger partial charge >= 0.3 is 5.97 Å². The van der Waals surface area contributed by atoms with E-state index in [1.807, 2.05) is 0 Å². The number of halogens is 2. The first-order valence-electron chi connectivity index (χ1n) is 5.45. The molecule has 0 saturated heterocycles. The predicted octanol–water partition coefficient (Wildman–Crippen LogP) is 2.25. The van der Waals surface area contributed by atoms with Crippen molar-refractivity contribution in [3.05, 3.63) is 41.6 Å². The van der Waals surface area contributed by atoms with E-state index in [1.165, 1.54) is 6.07 Å². The molecule has 19 heavy (non-hydrogen) atoms. The van der Waals surface area contributed by atoms with Crippen LogP contribution in [0.5, 0.6) is 5.88 Å². The van der Waals surface area contributed by atoms with Crippen LogP contribution in [0.2, 0.25) is 0 Å². The molecule has 0 aliphatic carbocycles. The summed E-state index contributed by atoms with van der Waals surface area (Å²) in [5, 5.41) is 12.8. The van der Waals surface area contributed by atoms with Gasteiger partial charge in [0.15, 0.2) is 17.3 Å². The maximum atomic E-state index is 13.6. The molecule has 0 aliphatic heterocycles. The van der Waals surface area contributed by atoms with Crippen LogP contribution in [0.3, 0.4) is 0 Å². The van der Waals surface area contributed by atoms with Crippen molar-refractivity contribution in [2.75, 3.05) is 6.61 Å². The number of rotatable bonds is 4. The van der Waals surface area contributed by atoms with Crippen molar-refractivity contribution in [3.8, 4) is 11.6 Å². The number of aromatic nitrogens is 2. The normalized spacial score (nSPS) is 10.5. The molecule has 1 aromatic carbocycles. The Morgan fingerprint density at radius 1 is 1.42 bits per heavy atom. The zero-order chi connectivity index (χ0) is 14.0. The lowest BCUT2D eigenvalue weighted by Gasteiger charge is -2.06. The molecule has 2 rings (SSSR count). The van der Waals surface area contributed by atoms with Gasteiger partial charge in [-0.1, -0.05) is 6.07 Å². The average Bonchev–Trinajstić information content (AvgIpc) is 2.73. The highest BCUT2D eigenvalue weighted by Crippen LogP contribution is 2.22. The lowest BCUT2D eigenvalue weighted by Crippen LogP contribution is -2.11. The molecule has 0 aliphatic rings. The van der Waals surface area contributed by atoms with Gasteiger partial charge in [0, 0.05) is 6.07 Å². The molecule has 2 aromatic rings. The maximum Gasteiger partial charge on any atom is 0.354 e. The predicted molar refractivity (Wildman–Crippen MR) is 61.6 cm³/mol. The summed E-state index contributed by atoms with van der Waals surface area (Å²) in [6.07, 6.45) is 0. The molecular formula is C12H10F2N2O3. The van der Waals surface area contributed by atoms with Crippen molar-refractivity contribution in [1.29, 1.82) is 0 Å². The van der Waals surface area contributed by atoms with Crippen LogP contribution in [-0.2, 0) is 0 Å². The minimum absolute atomic E-state index is 0.0115. The van der Waals surface area contributed by atoms with E-state index in [0.717, 1.165) is 18.2 Å². The zero-order valence-corrected chi connectivity index (χ0v) is 9.93. The van der Waals surface area contributed by atoms with Crippen molar-refractivity contribution in [2.24, 2.45) is 0 Å². The molecule has 0 spiro atoms. The van der Waals surface area contributed by atoms with Crippen molar-refractivity contribution < 1.29 is 23.4 Å². The number of nitrogens with zero attached hydrogens (tertiary/aromatic N) is 2. The molecule has 0 fully saturated rings. The Kier molecular flexibility index (Phi) is 3.46. The fourth-order valence-electron chi connectivity index (χ4n) is 1.59. The number of hydrogen-bond donors (Lipinski definition) is 1. The van der Waals surface area contributed by atoms with E-state index in [2.05, 4.69) is 5.10 Å². The van der Waals surface area contributed by atoms with E-state index in [9.17, 15) is 13.6 Å². The van der Waals surface area contributed by atoms with Gasteiger partial charge in [-0.2, -0.15) is 0 Å². The van der Waals surface area contributed by atoms with Crippen LogP contribution in [0.1, 0.15) is 17.4 Å². The Morgan fingerprint density at radius 2 is 2.05 bits per heavy atom. The van der Waals surface area contributed by atoms with Crippen LogP contribution in [0.25, 0.3) is 5.69 Å². The lowest BCUT2D eigenvalue weighted by molar-refractivity contribution is 0.0686. The smallest absolute Gasteiger partial charge is 0.354 e. The average molecular weight is 268 g/mol. The number of aromatic carboxylic acids is 1. The summed E-state index contributed by atoms with van der Waals surface area (Å²) in [4.78, 5) is 11.1. The van der Waals surface area contributed by atoms with E-state index in [-0.39, 0.29) is 18.2 Å². The first-order chi connectivity index (χ1) is 9.04. The fourth-order valence-corrected chi connectivity index (χ4v) is 1.59. The molecule has 0 saturated carbocycles. The Balaban J connectivity index is 2.63. The summed E-state index contributed by atoms with van der Waals surface area (Å²) in [6, 6.07) is 4.33. The highest BCUT2D eigenvalue weighted by molar-refractivity contribution is 5.86. The lowest BCUT2D eigenvalue weighted by atomic mass is 10.3. The molecular weight excluding hydrogens is 258 g/mol. The van der Waals surface area contributed by atoms with Gasteiger partial charge in [0.05, 0.1) is 6.61 Å². The van der Waals surface area contributed by atoms with Crippen LogP contribution >= 0.6 is 0 Å². The van der Waals surface area contributed by atoms with Gasteiger partial charge in [0.2, 0.25) is 5.88 Å². The van der Waals surface area contributed by atoms with E-state index >= 15 is 0 Å². The minimum Gasteiger partial charge on any atom is -0.477 e. The van der Waals surface area contributed by atoms with Crippen LogP contribution in [0, 0.1) is 11.6 Å². The van der Waals surface area contributed by atoms with E-state index in [4.69, 9.17) is 9.84 Å². The quantitative estimate of drug-likeness (QED) is 0.923. The second-order valence-electron chi connectivity index (χ2n) is 3.59. The summed E-state index contributed by atoms with van der Waals surface area (Å²) in [7, 11) is 0. The molecule has 100 valence electrons. The molecule has 1 aromatic heterocycles. The summed E-state index contributed by atoms with van der Waals surface area (Å²) in [5.74, 6) is -3.19. The largest absolute Gasteiger partial charge is 0.477 e. The Hall–Kier alpha value is -2.44. The van der Waals surface area contributed by atoms with Gasteiger partial charge in [-0.05, 0) is 19.1 Å². The van der Waals surface area contributed by atoms with Crippen LogP contribution in [0.15, 0.2) is 24.3 Å². The third kappa shape index (κ3) is 2.40. The van der Waals surface area contributed by atoms with E-state index < -0.39 is 23.3 Å². The monoisotopic (exact) mass is 268 g/mol. The zero-order valence-electron chi connectivity index (χ0n) is 9.93. The van der Waals surface area contributed by atoms with Crippen molar-refractivity contribution in [3.63, 3.8) is 0 Å². The summed E-state index contributed by atoms with van der Waals surface area (Å²) in [5.41, 5.74) is -0.932. The first kappa shape index (κ1) is 13.0. The van der Waals surface area contributed by atoms with E-state index in [0.29, 0.717) is 4.68 Å². The van der Waals surface area contributed by atoms with Gasteiger partial charge in [0.25, 0.3) is 0 Å². The van der Waals surface area contributed by atoms with Crippen LogP contribution in [0.4, 0.5) is 8.78 Å². The molecule has 1 N–H and O–H groups in total. The molecule has 7 heteroatoms. The van der Waals surface area contributed by atoms with Crippen molar-refractivity contribution in [1.82, 2.24) is 9.78 Å². The number of carbonyl (C=O) groups is 1. The maximum absolute atomic E-state index is 13.6. The highest BCUT2D eigenvalue weighted by atomic mass is 19.1. The molecule has 0 unspecified atom stereocenters. The van der Waals surface area contributed by atoms with Gasteiger partial charge < -0.3 is 9.84 Å². The first-order valence-corrected chi connectivity index (χ1v) is 5.45. The molecule has 0 radical (unpaired) electrons. The second-order valence-corrected chi connectivity index (χ2v) is 3.59. The second kappa shape index (κ2) is 5.05. The molecule has 0 bridgehead atoms. The molecule has 0 atom stereocenters. The fraction of sp³-hybridized carbons (Fsp3) is 0.167. The minimum atomic E-state index is -1.36. The summed E-state index contributed by atoms with van der Waals surface area (Å²) < 4.78 is 33.0. The molecule has 0 amide bonds. The van der Waals surface area contributed by atoms with Crippen molar-refractivity contribution >= 4 is 5.97 Å². The van der Waals surface area contributed by atoms with Crippen LogP contribution < -0.4 is 4.74 Å². The van der Waals surface area contributed by atoms with Gasteiger partial charge in [-0.25, -0.2) is 18.3 Å². The van der Waals surface area contributed by atoms with Gasteiger partial charge in [-0.15, -0.1) is 5.10 Å². The third-order valence-electron chi connectivity index (χ3n) is 2.35. The summed E-state index contributed by atoms with van der Waals surface area (Å²) in [6.45, 7) is 1.94. The molecule has 5 nitrogen and oxygen atoms in total. The number of para-hydroxylation sites is 1. The Bertz CT molecular complexity index is 605. The number of hydrogen-bond acceptors (Lipinski definition) is 3. The molecule has 1 heterocycles. The standard InChI is InChI=1S/C12H10F2N2O3/c1-2-19-10-6-9(12(17)18)16(15-10)11-7(13)4-3-5-8(11)14/h3-6H,2H2,1H3,(H,17,18). The third-order valence-corrected chi connectivity index (χ3v) is 2.35. The number of carboxylic acid groups (broad SMARTS) is 1. The van der Waals surface area contributed by atoms with Gasteiger partial charge in [-0.3, -0.25) is 0 Å². The number of benzene rings is 1. The number of carboxylic acids is 1. The highest BCUT2D eigenvalue weighted by Gasteiger charge is 2.21. The van der Waals surface area contributed by atoms with E-state index in [1.54, 1.807) is 6.92 Å². The SMILES string of the molecule is CCOc1cc(C(=O)O)n(-c2c(F)cccc2F)n1. The topological polar surface area (TPSA) is 64.3 Å². The Morgan fingerprint density at radius 3 is 2.58 bits per heavy atom. The Labute approximate surface area is 107 Å². The van der Waals surface area contributed by atoms with Crippen LogP contribution in [-0.4, -0.2) is 27.5 Å². The van der Waals surface area contributed by atoms with Crippen molar-refractivity contribution in [2.45, 2.75) is 6.92 Å². The number of ether oxygens (including phenoxy) is 1. The van der Waals surface area contributed by atoms with Gasteiger partial charge in [0.1, 0.15) is 5.69 Å².